The minimum Gasteiger partial charge on any atom is -0.383 e. The van der Waals surface area contributed by atoms with Crippen molar-refractivity contribution < 1.29 is 13.5 Å². The second-order valence-corrected chi connectivity index (χ2v) is 8.28. The molecular weight excluding hydrogens is 264 g/mol. The molecular formula is C13H18N2O3S. The molecule has 2 unspecified atom stereocenters. The van der Waals surface area contributed by atoms with Crippen LogP contribution in [0.2, 0.25) is 0 Å². The van der Waals surface area contributed by atoms with Gasteiger partial charge in [-0.1, -0.05) is 6.42 Å². The van der Waals surface area contributed by atoms with Gasteiger partial charge in [0.15, 0.2) is 9.84 Å². The van der Waals surface area contributed by atoms with Crippen LogP contribution in [0, 0.1) is 6.92 Å². The van der Waals surface area contributed by atoms with E-state index in [2.05, 4.69) is 10.2 Å². The van der Waals surface area contributed by atoms with Crippen LogP contribution in [0.25, 0.3) is 0 Å². The molecule has 1 N–H and O–H groups in total. The Kier molecular flexibility index (Phi) is 2.90. The van der Waals surface area contributed by atoms with Crippen molar-refractivity contribution in [1.29, 1.82) is 0 Å². The fraction of sp³-hybridized carbons (Fsp3) is 0.692. The maximum atomic E-state index is 12.2. The first-order valence-corrected chi connectivity index (χ1v) is 8.29. The van der Waals surface area contributed by atoms with Gasteiger partial charge in [-0.05, 0) is 44.7 Å². The lowest BCUT2D eigenvalue weighted by molar-refractivity contribution is 0.000158. The van der Waals surface area contributed by atoms with E-state index < -0.39 is 25.9 Å². The maximum absolute atomic E-state index is 12.2. The molecule has 3 heterocycles. The van der Waals surface area contributed by atoms with Crippen molar-refractivity contribution in [3.63, 3.8) is 0 Å². The predicted octanol–water partition coefficient (Wildman–Crippen LogP) is 1.10. The Labute approximate surface area is 113 Å². The van der Waals surface area contributed by atoms with Gasteiger partial charge in [0.05, 0.1) is 21.9 Å². The molecule has 0 amide bonds. The molecule has 5 nitrogen and oxygen atoms in total. The largest absolute Gasteiger partial charge is 0.383 e. The Morgan fingerprint density at radius 2 is 1.84 bits per heavy atom. The number of rotatable bonds is 1. The standard InChI is InChI=1S/C13H18N2O3S/c1-9-5-6-12(15-14-9)13(16)7-10-3-2-4-11(8-13)19(10,17)18/h5-6,10-11,16H,2-4,7-8H2,1H3. The van der Waals surface area contributed by atoms with Crippen molar-refractivity contribution in [3.8, 4) is 0 Å². The third kappa shape index (κ3) is 2.07. The van der Waals surface area contributed by atoms with Crippen molar-refractivity contribution in [2.24, 2.45) is 0 Å². The predicted molar refractivity (Wildman–Crippen MR) is 70.2 cm³/mol. The highest BCUT2D eigenvalue weighted by Gasteiger charge is 2.51. The van der Waals surface area contributed by atoms with E-state index >= 15 is 0 Å². The molecule has 3 rings (SSSR count). The number of hydrogen-bond donors (Lipinski definition) is 1. The van der Waals surface area contributed by atoms with E-state index in [-0.39, 0.29) is 12.8 Å². The Bertz CT molecular complexity index is 562. The minimum absolute atomic E-state index is 0.254. The Balaban J connectivity index is 1.97. The average Bonchev–Trinajstić information content (AvgIpc) is 2.32. The highest BCUT2D eigenvalue weighted by atomic mass is 32.2. The van der Waals surface area contributed by atoms with E-state index in [1.807, 2.05) is 6.92 Å². The van der Waals surface area contributed by atoms with Crippen molar-refractivity contribution in [3.05, 3.63) is 23.5 Å². The maximum Gasteiger partial charge on any atom is 0.156 e. The zero-order chi connectivity index (χ0) is 13.7. The quantitative estimate of drug-likeness (QED) is 0.834. The monoisotopic (exact) mass is 282 g/mol. The summed E-state index contributed by atoms with van der Waals surface area (Å²) < 4.78 is 24.4. The summed E-state index contributed by atoms with van der Waals surface area (Å²) >= 11 is 0. The van der Waals surface area contributed by atoms with Crippen molar-refractivity contribution in [1.82, 2.24) is 10.2 Å². The van der Waals surface area contributed by atoms with Crippen LogP contribution >= 0.6 is 0 Å². The molecule has 2 atom stereocenters. The Morgan fingerprint density at radius 3 is 2.37 bits per heavy atom. The molecule has 0 aromatic carbocycles. The lowest BCUT2D eigenvalue weighted by Gasteiger charge is -2.43. The van der Waals surface area contributed by atoms with Gasteiger partial charge in [-0.2, -0.15) is 10.2 Å². The molecule has 19 heavy (non-hydrogen) atoms. The Morgan fingerprint density at radius 1 is 1.21 bits per heavy atom. The van der Waals surface area contributed by atoms with Gasteiger partial charge in [-0.3, -0.25) is 0 Å². The van der Waals surface area contributed by atoms with Gasteiger partial charge in [-0.15, -0.1) is 0 Å². The van der Waals surface area contributed by atoms with Gasteiger partial charge >= 0.3 is 0 Å². The molecule has 2 bridgehead atoms. The molecule has 1 aromatic rings. The van der Waals surface area contributed by atoms with Crippen LogP contribution in [-0.4, -0.2) is 34.2 Å². The van der Waals surface area contributed by atoms with Crippen LogP contribution in [0.15, 0.2) is 12.1 Å². The summed E-state index contributed by atoms with van der Waals surface area (Å²) in [6.45, 7) is 1.83. The SMILES string of the molecule is Cc1ccc(C2(O)CC3CCCC(C2)S3(=O)=O)nn1. The molecule has 2 saturated heterocycles. The molecule has 2 aliphatic heterocycles. The topological polar surface area (TPSA) is 80.1 Å². The van der Waals surface area contributed by atoms with E-state index in [1.165, 1.54) is 0 Å². The molecule has 0 saturated carbocycles. The van der Waals surface area contributed by atoms with Crippen LogP contribution in [0.1, 0.15) is 43.5 Å². The van der Waals surface area contributed by atoms with Crippen LogP contribution in [0.5, 0.6) is 0 Å². The number of nitrogens with zero attached hydrogens (tertiary/aromatic N) is 2. The molecule has 0 spiro atoms. The first kappa shape index (κ1) is 13.0. The zero-order valence-corrected chi connectivity index (χ0v) is 11.7. The van der Waals surface area contributed by atoms with Gasteiger partial charge in [0, 0.05) is 0 Å². The summed E-state index contributed by atoms with van der Waals surface area (Å²) in [5.74, 6) is 0. The van der Waals surface area contributed by atoms with E-state index in [0.29, 0.717) is 18.5 Å². The van der Waals surface area contributed by atoms with Gasteiger partial charge in [0.1, 0.15) is 5.60 Å². The summed E-state index contributed by atoms with van der Waals surface area (Å²) in [6, 6.07) is 3.56. The summed E-state index contributed by atoms with van der Waals surface area (Å²) in [6.07, 6.45) is 2.75. The molecule has 104 valence electrons. The van der Waals surface area contributed by atoms with Crippen LogP contribution < -0.4 is 0 Å². The van der Waals surface area contributed by atoms with Crippen molar-refractivity contribution in [2.45, 2.75) is 55.1 Å². The number of fused-ring (bicyclic) bond motifs is 2. The lowest BCUT2D eigenvalue weighted by atomic mass is 9.83. The fourth-order valence-corrected chi connectivity index (χ4v) is 5.85. The van der Waals surface area contributed by atoms with Gasteiger partial charge in [-0.25, -0.2) is 8.42 Å². The molecule has 6 heteroatoms. The first-order chi connectivity index (χ1) is 8.92. The highest BCUT2D eigenvalue weighted by Crippen LogP contribution is 2.45. The number of aromatic nitrogens is 2. The number of aliphatic hydroxyl groups is 1. The second kappa shape index (κ2) is 4.24. The van der Waals surface area contributed by atoms with Gasteiger partial charge in [0.2, 0.25) is 0 Å². The average molecular weight is 282 g/mol. The van der Waals surface area contributed by atoms with E-state index in [4.69, 9.17) is 0 Å². The number of aryl methyl sites for hydroxylation is 1. The number of sulfone groups is 1. The summed E-state index contributed by atoms with van der Waals surface area (Å²) in [5, 5.41) is 18.0. The van der Waals surface area contributed by atoms with Crippen LogP contribution in [-0.2, 0) is 15.4 Å². The minimum atomic E-state index is -3.06. The Hall–Kier alpha value is -1.01. The summed E-state index contributed by atoms with van der Waals surface area (Å²) in [5.41, 5.74) is 0.155. The lowest BCUT2D eigenvalue weighted by Crippen LogP contribution is -2.50. The second-order valence-electron chi connectivity index (χ2n) is 5.76. The molecule has 1 aromatic heterocycles. The number of hydrogen-bond acceptors (Lipinski definition) is 5. The van der Waals surface area contributed by atoms with Crippen molar-refractivity contribution in [2.75, 3.05) is 0 Å². The summed E-state index contributed by atoms with van der Waals surface area (Å²) in [7, 11) is -3.06. The smallest absolute Gasteiger partial charge is 0.156 e. The molecule has 2 fully saturated rings. The molecule has 2 aliphatic rings. The van der Waals surface area contributed by atoms with E-state index in [0.717, 1.165) is 12.1 Å². The normalized spacial score (nSPS) is 36.9. The first-order valence-electron chi connectivity index (χ1n) is 6.68. The zero-order valence-electron chi connectivity index (χ0n) is 10.9. The van der Waals surface area contributed by atoms with Gasteiger partial charge < -0.3 is 5.11 Å². The molecule has 0 aliphatic carbocycles. The van der Waals surface area contributed by atoms with Crippen molar-refractivity contribution >= 4 is 9.84 Å². The molecule has 0 radical (unpaired) electrons. The highest BCUT2D eigenvalue weighted by molar-refractivity contribution is 7.92. The van der Waals surface area contributed by atoms with Gasteiger partial charge in [0.25, 0.3) is 0 Å². The third-order valence-electron chi connectivity index (χ3n) is 4.39. The van der Waals surface area contributed by atoms with E-state index in [1.54, 1.807) is 12.1 Å². The van der Waals surface area contributed by atoms with E-state index in [9.17, 15) is 13.5 Å². The third-order valence-corrected chi connectivity index (χ3v) is 7.05. The van der Waals surface area contributed by atoms with Crippen LogP contribution in [0.4, 0.5) is 0 Å². The summed E-state index contributed by atoms with van der Waals surface area (Å²) in [4.78, 5) is 0. The fourth-order valence-electron chi connectivity index (χ4n) is 3.30. The van der Waals surface area contributed by atoms with Crippen LogP contribution in [0.3, 0.4) is 0 Å².